The lowest BCUT2D eigenvalue weighted by Gasteiger charge is -2.13. The summed E-state index contributed by atoms with van der Waals surface area (Å²) in [7, 11) is 1.64. The summed E-state index contributed by atoms with van der Waals surface area (Å²) in [6.07, 6.45) is 0. The molecule has 0 bridgehead atoms. The Morgan fingerprint density at radius 3 is 2.75 bits per heavy atom. The number of carbonyl (C=O) groups excluding carboxylic acids is 2. The van der Waals surface area contributed by atoms with E-state index in [0.29, 0.717) is 26.6 Å². The van der Waals surface area contributed by atoms with E-state index in [4.69, 9.17) is 0 Å². The van der Waals surface area contributed by atoms with E-state index in [1.807, 2.05) is 19.2 Å². The number of para-hydroxylation sites is 1. The van der Waals surface area contributed by atoms with Crippen molar-refractivity contribution in [3.8, 4) is 0 Å². The van der Waals surface area contributed by atoms with Crippen LogP contribution in [0.2, 0.25) is 0 Å². The second-order valence-electron chi connectivity index (χ2n) is 6.41. The van der Waals surface area contributed by atoms with E-state index >= 15 is 0 Å². The predicted octanol–water partition coefficient (Wildman–Crippen LogP) is 2.86. The number of hydrogen-bond acceptors (Lipinski definition) is 6. The molecule has 0 radical (unpaired) electrons. The number of nitrogens with one attached hydrogen (secondary N) is 2. The minimum atomic E-state index is -0.282. The van der Waals surface area contributed by atoms with Crippen LogP contribution in [0.1, 0.15) is 24.2 Å². The van der Waals surface area contributed by atoms with Gasteiger partial charge in [0.25, 0.3) is 11.5 Å². The van der Waals surface area contributed by atoms with Crippen molar-refractivity contribution in [3.05, 3.63) is 51.6 Å². The predicted molar refractivity (Wildman–Crippen MR) is 113 cm³/mol. The van der Waals surface area contributed by atoms with Crippen molar-refractivity contribution >= 4 is 50.8 Å². The Balaban J connectivity index is 1.71. The van der Waals surface area contributed by atoms with Crippen molar-refractivity contribution in [3.63, 3.8) is 0 Å². The Morgan fingerprint density at radius 2 is 2.00 bits per heavy atom. The third kappa shape index (κ3) is 4.42. The first-order valence-electron chi connectivity index (χ1n) is 8.63. The Kier molecular flexibility index (Phi) is 6.15. The number of hydrogen-bond donors (Lipinski definition) is 2. The van der Waals surface area contributed by atoms with E-state index in [-0.39, 0.29) is 29.2 Å². The number of anilines is 1. The van der Waals surface area contributed by atoms with Crippen LogP contribution < -0.4 is 16.2 Å². The van der Waals surface area contributed by atoms with Crippen LogP contribution in [0.4, 0.5) is 5.69 Å². The number of nitrogens with zero attached hydrogens (tertiary/aromatic N) is 2. The van der Waals surface area contributed by atoms with Gasteiger partial charge in [0, 0.05) is 13.1 Å². The topological polar surface area (TPSA) is 93.1 Å². The minimum Gasteiger partial charge on any atom is -0.350 e. The molecule has 0 aliphatic carbocycles. The van der Waals surface area contributed by atoms with Gasteiger partial charge in [-0.1, -0.05) is 23.9 Å². The molecule has 146 valence electrons. The summed E-state index contributed by atoms with van der Waals surface area (Å²) in [6, 6.07) is 8.59. The zero-order valence-electron chi connectivity index (χ0n) is 15.7. The van der Waals surface area contributed by atoms with Gasteiger partial charge >= 0.3 is 0 Å². The largest absolute Gasteiger partial charge is 0.350 e. The first-order valence-corrected chi connectivity index (χ1v) is 10.5. The van der Waals surface area contributed by atoms with E-state index in [1.165, 1.54) is 27.7 Å². The Hall–Kier alpha value is -2.65. The van der Waals surface area contributed by atoms with Crippen molar-refractivity contribution in [2.24, 2.45) is 7.05 Å². The average Bonchev–Trinajstić information content (AvgIpc) is 3.12. The molecule has 0 aliphatic heterocycles. The fraction of sp³-hybridized carbons (Fsp3) is 0.263. The number of aromatic nitrogens is 2. The van der Waals surface area contributed by atoms with Crippen molar-refractivity contribution in [1.82, 2.24) is 14.9 Å². The molecular formula is C19H20N4O3S2. The number of thiophene rings is 1. The van der Waals surface area contributed by atoms with E-state index < -0.39 is 0 Å². The maximum Gasteiger partial charge on any atom is 0.262 e. The highest BCUT2D eigenvalue weighted by atomic mass is 32.2. The second-order valence-corrected chi connectivity index (χ2v) is 8.25. The van der Waals surface area contributed by atoms with E-state index in [2.05, 4.69) is 15.6 Å². The van der Waals surface area contributed by atoms with Crippen LogP contribution in [0.15, 0.2) is 45.7 Å². The van der Waals surface area contributed by atoms with Crippen LogP contribution in [0.5, 0.6) is 0 Å². The zero-order chi connectivity index (χ0) is 20.3. The number of fused-ring (bicyclic) bond motifs is 1. The van der Waals surface area contributed by atoms with Crippen LogP contribution in [0, 0.1) is 0 Å². The molecule has 0 aliphatic rings. The molecular weight excluding hydrogens is 396 g/mol. The summed E-state index contributed by atoms with van der Waals surface area (Å²) in [5.41, 5.74) is 0.715. The highest BCUT2D eigenvalue weighted by Gasteiger charge is 2.15. The van der Waals surface area contributed by atoms with Gasteiger partial charge < -0.3 is 10.6 Å². The number of benzene rings is 1. The van der Waals surface area contributed by atoms with Gasteiger partial charge in [-0.15, -0.1) is 11.3 Å². The number of thioether (sulfide) groups is 1. The van der Waals surface area contributed by atoms with Gasteiger partial charge in [0.2, 0.25) is 5.91 Å². The SMILES string of the molecule is CC(C)NC(=O)c1ccccc1NC(=O)CSc1nc2sccc2c(=O)n1C. The van der Waals surface area contributed by atoms with Crippen molar-refractivity contribution in [2.45, 2.75) is 25.0 Å². The van der Waals surface area contributed by atoms with Gasteiger partial charge in [-0.2, -0.15) is 0 Å². The third-order valence-corrected chi connectivity index (χ3v) is 5.70. The van der Waals surface area contributed by atoms with Crippen LogP contribution in [-0.4, -0.2) is 33.2 Å². The quantitative estimate of drug-likeness (QED) is 0.476. The summed E-state index contributed by atoms with van der Waals surface area (Å²) in [5, 5.41) is 8.45. The molecule has 0 fully saturated rings. The van der Waals surface area contributed by atoms with Gasteiger partial charge in [-0.05, 0) is 37.4 Å². The molecule has 28 heavy (non-hydrogen) atoms. The standard InChI is InChI=1S/C19H20N4O3S2/c1-11(2)20-16(25)12-6-4-5-7-14(12)21-15(24)10-28-19-22-17-13(8-9-27-17)18(26)23(19)3/h4-9,11H,10H2,1-3H3,(H,20,25)(H,21,24). The highest BCUT2D eigenvalue weighted by Crippen LogP contribution is 2.21. The summed E-state index contributed by atoms with van der Waals surface area (Å²) in [4.78, 5) is 42.2. The van der Waals surface area contributed by atoms with Crippen LogP contribution in [0.3, 0.4) is 0 Å². The molecule has 3 rings (SSSR count). The number of amides is 2. The lowest BCUT2D eigenvalue weighted by Crippen LogP contribution is -2.31. The number of carbonyl (C=O) groups is 2. The summed E-state index contributed by atoms with van der Waals surface area (Å²) in [5.74, 6) is -0.460. The molecule has 3 aromatic rings. The molecule has 2 N–H and O–H groups in total. The number of rotatable bonds is 6. The summed E-state index contributed by atoms with van der Waals surface area (Å²) >= 11 is 2.57. The normalized spacial score (nSPS) is 11.0. The Labute approximate surface area is 170 Å². The fourth-order valence-corrected chi connectivity index (χ4v) is 4.13. The minimum absolute atomic E-state index is 0.00802. The van der Waals surface area contributed by atoms with Crippen molar-refractivity contribution in [1.29, 1.82) is 0 Å². The second kappa shape index (κ2) is 8.57. The lowest BCUT2D eigenvalue weighted by molar-refractivity contribution is -0.113. The summed E-state index contributed by atoms with van der Waals surface area (Å²) < 4.78 is 1.44. The highest BCUT2D eigenvalue weighted by molar-refractivity contribution is 7.99. The lowest BCUT2D eigenvalue weighted by atomic mass is 10.1. The molecule has 2 amide bonds. The summed E-state index contributed by atoms with van der Waals surface area (Å²) in [6.45, 7) is 3.74. The van der Waals surface area contributed by atoms with Gasteiger partial charge in [-0.25, -0.2) is 4.98 Å². The van der Waals surface area contributed by atoms with Crippen molar-refractivity contribution < 1.29 is 9.59 Å². The van der Waals surface area contributed by atoms with E-state index in [9.17, 15) is 14.4 Å². The van der Waals surface area contributed by atoms with Crippen LogP contribution >= 0.6 is 23.1 Å². The molecule has 1 aromatic carbocycles. The van der Waals surface area contributed by atoms with E-state index in [1.54, 1.807) is 37.4 Å². The van der Waals surface area contributed by atoms with Crippen LogP contribution in [0.25, 0.3) is 10.2 Å². The molecule has 0 unspecified atom stereocenters. The van der Waals surface area contributed by atoms with E-state index in [0.717, 1.165) is 0 Å². The molecule has 0 saturated carbocycles. The molecule has 2 aromatic heterocycles. The molecule has 9 heteroatoms. The maximum absolute atomic E-state index is 12.4. The molecule has 0 atom stereocenters. The monoisotopic (exact) mass is 416 g/mol. The third-order valence-electron chi connectivity index (χ3n) is 3.86. The first-order chi connectivity index (χ1) is 13.4. The Bertz CT molecular complexity index is 1090. The maximum atomic E-state index is 12.4. The van der Waals surface area contributed by atoms with Crippen molar-refractivity contribution in [2.75, 3.05) is 11.1 Å². The average molecular weight is 417 g/mol. The Morgan fingerprint density at radius 1 is 1.25 bits per heavy atom. The van der Waals surface area contributed by atoms with Gasteiger partial charge in [-0.3, -0.25) is 19.0 Å². The van der Waals surface area contributed by atoms with Gasteiger partial charge in [0.05, 0.1) is 22.4 Å². The molecule has 7 nitrogen and oxygen atoms in total. The first kappa shape index (κ1) is 20.1. The smallest absolute Gasteiger partial charge is 0.262 e. The molecule has 0 saturated heterocycles. The molecule has 0 spiro atoms. The van der Waals surface area contributed by atoms with Crippen LogP contribution in [-0.2, 0) is 11.8 Å². The van der Waals surface area contributed by atoms with Gasteiger partial charge in [0.15, 0.2) is 5.16 Å². The van der Waals surface area contributed by atoms with Gasteiger partial charge in [0.1, 0.15) is 4.83 Å². The molecule has 2 heterocycles. The fourth-order valence-electron chi connectivity index (χ4n) is 2.56. The zero-order valence-corrected chi connectivity index (χ0v) is 17.3.